The van der Waals surface area contributed by atoms with Crippen LogP contribution in [0.15, 0.2) is 53.5 Å². The first-order valence-corrected chi connectivity index (χ1v) is 8.01. The summed E-state index contributed by atoms with van der Waals surface area (Å²) in [5.74, 6) is 1.47. The molecule has 0 amide bonds. The fraction of sp³-hybridized carbons (Fsp3) is 0.278. The van der Waals surface area contributed by atoms with E-state index in [0.717, 1.165) is 23.4 Å². The van der Waals surface area contributed by atoms with Crippen LogP contribution in [0.4, 0.5) is 5.69 Å². The summed E-state index contributed by atoms with van der Waals surface area (Å²) in [5, 5.41) is 17.2. The van der Waals surface area contributed by atoms with E-state index in [1.54, 1.807) is 13.2 Å². The van der Waals surface area contributed by atoms with Crippen molar-refractivity contribution < 1.29 is 9.66 Å². The van der Waals surface area contributed by atoms with Crippen molar-refractivity contribution in [1.29, 1.82) is 0 Å². The van der Waals surface area contributed by atoms with Crippen LogP contribution in [0.25, 0.3) is 0 Å². The molecule has 0 saturated carbocycles. The van der Waals surface area contributed by atoms with Crippen molar-refractivity contribution >= 4 is 35.6 Å². The van der Waals surface area contributed by atoms with Crippen LogP contribution in [0.1, 0.15) is 18.1 Å². The number of hydrogen-bond acceptors (Lipinski definition) is 4. The molecule has 0 heterocycles. The number of non-ortho nitro benzene ring substituents is 1. The Morgan fingerprint density at radius 2 is 1.88 bits per heavy atom. The third-order valence-corrected chi connectivity index (χ3v) is 3.50. The van der Waals surface area contributed by atoms with Crippen molar-refractivity contribution in [2.75, 3.05) is 13.7 Å². The first kappa shape index (κ1) is 21.7. The number of rotatable bonds is 7. The molecule has 0 radical (unpaired) electrons. The monoisotopic (exact) mass is 470 g/mol. The number of benzene rings is 2. The molecule has 7 nitrogen and oxygen atoms in total. The van der Waals surface area contributed by atoms with E-state index in [1.807, 2.05) is 37.3 Å². The number of ether oxygens (including phenoxy) is 1. The van der Waals surface area contributed by atoms with Gasteiger partial charge in [-0.1, -0.05) is 24.3 Å². The van der Waals surface area contributed by atoms with Crippen molar-refractivity contribution in [2.45, 2.75) is 20.0 Å². The number of aliphatic imine (C=N–C) groups is 1. The van der Waals surface area contributed by atoms with Crippen molar-refractivity contribution in [3.63, 3.8) is 0 Å². The molecule has 0 aliphatic heterocycles. The third kappa shape index (κ3) is 6.87. The summed E-state index contributed by atoms with van der Waals surface area (Å²) in [6, 6.07) is 14.3. The summed E-state index contributed by atoms with van der Waals surface area (Å²) in [6.45, 7) is 3.69. The predicted octanol–water partition coefficient (Wildman–Crippen LogP) is 3.48. The van der Waals surface area contributed by atoms with E-state index in [0.29, 0.717) is 19.0 Å². The number of guanidine groups is 1. The fourth-order valence-corrected chi connectivity index (χ4v) is 2.21. The molecule has 0 atom stereocenters. The zero-order valence-corrected chi connectivity index (χ0v) is 17.1. The Bertz CT molecular complexity index is 735. The number of nitro benzene ring substituents is 1. The Morgan fingerprint density at radius 3 is 2.50 bits per heavy atom. The summed E-state index contributed by atoms with van der Waals surface area (Å²) < 4.78 is 5.14. The van der Waals surface area contributed by atoms with Crippen molar-refractivity contribution in [2.24, 2.45) is 4.99 Å². The molecule has 140 valence electrons. The molecular weight excluding hydrogens is 447 g/mol. The molecule has 2 rings (SSSR count). The lowest BCUT2D eigenvalue weighted by Gasteiger charge is -2.11. The summed E-state index contributed by atoms with van der Waals surface area (Å²) in [4.78, 5) is 14.9. The van der Waals surface area contributed by atoms with Gasteiger partial charge in [-0.3, -0.25) is 10.1 Å². The van der Waals surface area contributed by atoms with Gasteiger partial charge in [-0.05, 0) is 30.2 Å². The second-order valence-electron chi connectivity index (χ2n) is 5.32. The highest BCUT2D eigenvalue weighted by molar-refractivity contribution is 14.0. The summed E-state index contributed by atoms with van der Waals surface area (Å²) in [7, 11) is 1.64. The van der Waals surface area contributed by atoms with Gasteiger partial charge in [0.2, 0.25) is 0 Å². The van der Waals surface area contributed by atoms with Crippen molar-refractivity contribution in [3.05, 3.63) is 69.8 Å². The largest absolute Gasteiger partial charge is 0.497 e. The SMILES string of the molecule is CCNC(=NCc1cccc([N+](=O)[O-])c1)NCc1ccc(OC)cc1.I. The van der Waals surface area contributed by atoms with E-state index in [4.69, 9.17) is 4.74 Å². The van der Waals surface area contributed by atoms with Gasteiger partial charge in [-0.15, -0.1) is 24.0 Å². The van der Waals surface area contributed by atoms with Crippen molar-refractivity contribution in [1.82, 2.24) is 10.6 Å². The lowest BCUT2D eigenvalue weighted by atomic mass is 10.2. The van der Waals surface area contributed by atoms with E-state index >= 15 is 0 Å². The van der Waals surface area contributed by atoms with Crippen LogP contribution in [0, 0.1) is 10.1 Å². The Kier molecular flexibility index (Phi) is 9.42. The van der Waals surface area contributed by atoms with Crippen LogP contribution in [0.2, 0.25) is 0 Å². The molecule has 0 unspecified atom stereocenters. The minimum atomic E-state index is -0.402. The molecule has 0 spiro atoms. The number of methoxy groups -OCH3 is 1. The molecule has 0 aliphatic rings. The van der Waals surface area contributed by atoms with Gasteiger partial charge in [0, 0.05) is 25.2 Å². The lowest BCUT2D eigenvalue weighted by molar-refractivity contribution is -0.384. The molecular formula is C18H23IN4O3. The Hall–Kier alpha value is -2.36. The maximum absolute atomic E-state index is 10.8. The molecule has 0 fully saturated rings. The molecule has 0 aromatic heterocycles. The Labute approximate surface area is 170 Å². The summed E-state index contributed by atoms with van der Waals surface area (Å²) in [6.07, 6.45) is 0. The maximum Gasteiger partial charge on any atom is 0.269 e. The number of hydrogen-bond donors (Lipinski definition) is 2. The molecule has 0 bridgehead atoms. The van der Waals surface area contributed by atoms with Crippen LogP contribution >= 0.6 is 24.0 Å². The predicted molar refractivity (Wildman–Crippen MR) is 113 cm³/mol. The fourth-order valence-electron chi connectivity index (χ4n) is 2.21. The number of nitrogens with zero attached hydrogens (tertiary/aromatic N) is 2. The molecule has 2 aromatic carbocycles. The number of nitrogens with one attached hydrogen (secondary N) is 2. The molecule has 2 aromatic rings. The minimum absolute atomic E-state index is 0. The maximum atomic E-state index is 10.8. The van der Waals surface area contributed by atoms with Gasteiger partial charge in [0.1, 0.15) is 5.75 Å². The first-order valence-electron chi connectivity index (χ1n) is 8.01. The normalized spacial score (nSPS) is 10.6. The zero-order valence-electron chi connectivity index (χ0n) is 14.8. The second kappa shape index (κ2) is 11.3. The van der Waals surface area contributed by atoms with Gasteiger partial charge >= 0.3 is 0 Å². The van der Waals surface area contributed by atoms with Crippen LogP contribution in [0.3, 0.4) is 0 Å². The molecule has 2 N–H and O–H groups in total. The van der Waals surface area contributed by atoms with Gasteiger partial charge in [0.05, 0.1) is 18.6 Å². The van der Waals surface area contributed by atoms with E-state index < -0.39 is 4.92 Å². The standard InChI is InChI=1S/C18H22N4O3.HI/c1-3-19-18(20-12-14-7-9-17(25-2)10-8-14)21-13-15-5-4-6-16(11-15)22(23)24;/h4-11H,3,12-13H2,1-2H3,(H2,19,20,21);1H. The van der Waals surface area contributed by atoms with E-state index in [-0.39, 0.29) is 29.7 Å². The van der Waals surface area contributed by atoms with E-state index in [2.05, 4.69) is 15.6 Å². The molecule has 8 heteroatoms. The van der Waals surface area contributed by atoms with Gasteiger partial charge in [0.15, 0.2) is 5.96 Å². The van der Waals surface area contributed by atoms with Gasteiger partial charge in [0.25, 0.3) is 5.69 Å². The highest BCUT2D eigenvalue weighted by Crippen LogP contribution is 2.14. The van der Waals surface area contributed by atoms with Crippen LogP contribution in [0.5, 0.6) is 5.75 Å². The Morgan fingerprint density at radius 1 is 1.15 bits per heavy atom. The smallest absolute Gasteiger partial charge is 0.269 e. The Balaban J connectivity index is 0.00000338. The molecule has 0 aliphatic carbocycles. The van der Waals surface area contributed by atoms with Crippen LogP contribution in [-0.4, -0.2) is 24.5 Å². The van der Waals surface area contributed by atoms with E-state index in [1.165, 1.54) is 12.1 Å². The third-order valence-electron chi connectivity index (χ3n) is 3.50. The topological polar surface area (TPSA) is 88.8 Å². The van der Waals surface area contributed by atoms with Gasteiger partial charge in [-0.2, -0.15) is 0 Å². The highest BCUT2D eigenvalue weighted by atomic mass is 127. The lowest BCUT2D eigenvalue weighted by Crippen LogP contribution is -2.36. The average molecular weight is 470 g/mol. The highest BCUT2D eigenvalue weighted by Gasteiger charge is 2.05. The minimum Gasteiger partial charge on any atom is -0.497 e. The first-order chi connectivity index (χ1) is 12.1. The quantitative estimate of drug-likeness (QED) is 0.213. The molecule has 26 heavy (non-hydrogen) atoms. The molecule has 0 saturated heterocycles. The van der Waals surface area contributed by atoms with Gasteiger partial charge < -0.3 is 15.4 Å². The van der Waals surface area contributed by atoms with E-state index in [9.17, 15) is 10.1 Å². The average Bonchev–Trinajstić information content (AvgIpc) is 2.64. The van der Waals surface area contributed by atoms with Gasteiger partial charge in [-0.25, -0.2) is 4.99 Å². The summed E-state index contributed by atoms with van der Waals surface area (Å²) >= 11 is 0. The zero-order chi connectivity index (χ0) is 18.1. The second-order valence-corrected chi connectivity index (χ2v) is 5.32. The summed E-state index contributed by atoms with van der Waals surface area (Å²) in [5.41, 5.74) is 1.96. The number of halogens is 1. The number of nitro groups is 1. The van der Waals surface area contributed by atoms with Crippen LogP contribution in [-0.2, 0) is 13.1 Å². The van der Waals surface area contributed by atoms with Crippen molar-refractivity contribution in [3.8, 4) is 5.75 Å². The van der Waals surface area contributed by atoms with Crippen LogP contribution < -0.4 is 15.4 Å².